The van der Waals surface area contributed by atoms with Crippen LogP contribution >= 0.6 is 11.6 Å². The summed E-state index contributed by atoms with van der Waals surface area (Å²) in [6, 6.07) is 6.64. The minimum absolute atomic E-state index is 0.0733. The molecule has 8 nitrogen and oxygen atoms in total. The van der Waals surface area contributed by atoms with Crippen LogP contribution in [0, 0.1) is 13.8 Å². The summed E-state index contributed by atoms with van der Waals surface area (Å²) in [5.41, 5.74) is 0.967. The van der Waals surface area contributed by atoms with Gasteiger partial charge < -0.3 is 9.84 Å². The van der Waals surface area contributed by atoms with Gasteiger partial charge >= 0.3 is 6.18 Å². The number of carbonyl (C=O) groups is 1. The van der Waals surface area contributed by atoms with Gasteiger partial charge in [0.15, 0.2) is 11.5 Å². The zero-order valence-corrected chi connectivity index (χ0v) is 18.3. The zero-order valence-electron chi connectivity index (χ0n) is 17.5. The van der Waals surface area contributed by atoms with Gasteiger partial charge in [-0.2, -0.15) is 23.4 Å². The number of aryl methyl sites for hydroxylation is 2. The predicted molar refractivity (Wildman–Crippen MR) is 113 cm³/mol. The largest absolute Gasteiger partial charge is 0.416 e. The average Bonchev–Trinajstić information content (AvgIpc) is 3.42. The highest BCUT2D eigenvalue weighted by molar-refractivity contribution is 6.30. The quantitative estimate of drug-likeness (QED) is 0.433. The maximum atomic E-state index is 13.0. The fourth-order valence-corrected chi connectivity index (χ4v) is 3.42. The molecule has 0 saturated heterocycles. The number of alkyl halides is 3. The second-order valence-corrected chi connectivity index (χ2v) is 7.84. The molecule has 0 aliphatic carbocycles. The highest BCUT2D eigenvalue weighted by atomic mass is 35.5. The number of hydrogen-bond acceptors (Lipinski definition) is 5. The van der Waals surface area contributed by atoms with Crippen molar-refractivity contribution in [2.45, 2.75) is 33.1 Å². The molecule has 33 heavy (non-hydrogen) atoms. The Morgan fingerprint density at radius 2 is 2.00 bits per heavy atom. The molecule has 0 fully saturated rings. The summed E-state index contributed by atoms with van der Waals surface area (Å²) < 4.78 is 47.1. The third-order valence-corrected chi connectivity index (χ3v) is 5.13. The van der Waals surface area contributed by atoms with Crippen molar-refractivity contribution in [1.82, 2.24) is 24.7 Å². The van der Waals surface area contributed by atoms with Crippen LogP contribution in [0.15, 0.2) is 47.2 Å². The summed E-state index contributed by atoms with van der Waals surface area (Å²) in [6.45, 7) is 3.76. The fourth-order valence-electron chi connectivity index (χ4n) is 3.27. The van der Waals surface area contributed by atoms with Crippen LogP contribution in [0.4, 0.5) is 19.0 Å². The van der Waals surface area contributed by atoms with E-state index in [2.05, 4.69) is 20.7 Å². The molecule has 1 amide bonds. The standard InChI is InChI=1S/C21H18ClF3N6O2/c1-12-6-18(28-31(12)9-14-4-3-5-15(7-14)21(23,24)25)27-20(32)19-17(13(2)33-29-19)11-30-10-16(22)8-26-30/h3-8,10H,9,11H2,1-2H3,(H,27,28,32). The van der Waals surface area contributed by atoms with Crippen molar-refractivity contribution in [3.05, 3.63) is 81.6 Å². The first-order valence-corrected chi connectivity index (χ1v) is 10.1. The zero-order chi connectivity index (χ0) is 23.8. The van der Waals surface area contributed by atoms with E-state index in [1.54, 1.807) is 36.9 Å². The van der Waals surface area contributed by atoms with Crippen LogP contribution in [-0.2, 0) is 19.3 Å². The van der Waals surface area contributed by atoms with E-state index in [0.717, 1.165) is 12.1 Å². The molecule has 1 N–H and O–H groups in total. The summed E-state index contributed by atoms with van der Waals surface area (Å²) in [5, 5.41) is 15.3. The number of anilines is 1. The molecule has 0 saturated carbocycles. The van der Waals surface area contributed by atoms with Crippen LogP contribution in [0.2, 0.25) is 5.02 Å². The van der Waals surface area contributed by atoms with Crippen molar-refractivity contribution in [3.8, 4) is 0 Å². The monoisotopic (exact) mass is 478 g/mol. The number of aromatic nitrogens is 5. The number of carbonyl (C=O) groups excluding carboxylic acids is 1. The Morgan fingerprint density at radius 1 is 1.21 bits per heavy atom. The van der Waals surface area contributed by atoms with E-state index < -0.39 is 17.6 Å². The number of hydrogen-bond donors (Lipinski definition) is 1. The van der Waals surface area contributed by atoms with Crippen molar-refractivity contribution in [1.29, 1.82) is 0 Å². The average molecular weight is 479 g/mol. The number of amides is 1. The number of rotatable bonds is 6. The first-order chi connectivity index (χ1) is 15.6. The molecule has 0 spiro atoms. The van der Waals surface area contributed by atoms with Gasteiger partial charge in [-0.05, 0) is 31.5 Å². The van der Waals surface area contributed by atoms with Crippen LogP contribution in [0.1, 0.15) is 38.6 Å². The van der Waals surface area contributed by atoms with Crippen molar-refractivity contribution in [2.75, 3.05) is 5.32 Å². The van der Waals surface area contributed by atoms with Gasteiger partial charge in [-0.25, -0.2) is 0 Å². The lowest BCUT2D eigenvalue weighted by Gasteiger charge is -2.09. The highest BCUT2D eigenvalue weighted by Crippen LogP contribution is 2.29. The molecule has 0 unspecified atom stereocenters. The predicted octanol–water partition coefficient (Wildman–Crippen LogP) is 4.71. The van der Waals surface area contributed by atoms with Crippen LogP contribution in [0.5, 0.6) is 0 Å². The number of benzene rings is 1. The molecule has 0 atom stereocenters. The van der Waals surface area contributed by atoms with Crippen LogP contribution in [-0.4, -0.2) is 30.6 Å². The van der Waals surface area contributed by atoms with Gasteiger partial charge in [-0.1, -0.05) is 28.9 Å². The maximum absolute atomic E-state index is 13.0. The van der Waals surface area contributed by atoms with E-state index in [0.29, 0.717) is 27.6 Å². The van der Waals surface area contributed by atoms with Crippen LogP contribution in [0.25, 0.3) is 0 Å². The Morgan fingerprint density at radius 3 is 2.70 bits per heavy atom. The van der Waals surface area contributed by atoms with Crippen molar-refractivity contribution < 1.29 is 22.5 Å². The van der Waals surface area contributed by atoms with E-state index in [1.807, 2.05) is 0 Å². The summed E-state index contributed by atoms with van der Waals surface area (Å²) in [7, 11) is 0. The van der Waals surface area contributed by atoms with E-state index in [-0.39, 0.29) is 24.6 Å². The SMILES string of the molecule is Cc1onc(C(=O)Nc2cc(C)n(Cc3cccc(C(F)(F)F)c3)n2)c1Cn1cc(Cl)cn1. The molecule has 3 heterocycles. The molecular formula is C21H18ClF3N6O2. The molecule has 0 aliphatic rings. The Kier molecular flexibility index (Phi) is 5.98. The summed E-state index contributed by atoms with van der Waals surface area (Å²) >= 11 is 5.89. The normalized spacial score (nSPS) is 11.7. The smallest absolute Gasteiger partial charge is 0.361 e. The van der Waals surface area contributed by atoms with Gasteiger partial charge in [0.25, 0.3) is 5.91 Å². The molecule has 12 heteroatoms. The molecule has 1 aromatic carbocycles. The van der Waals surface area contributed by atoms with Crippen LogP contribution < -0.4 is 5.32 Å². The van der Waals surface area contributed by atoms with Crippen LogP contribution in [0.3, 0.4) is 0 Å². The van der Waals surface area contributed by atoms with Gasteiger partial charge in [-0.15, -0.1) is 0 Å². The lowest BCUT2D eigenvalue weighted by Crippen LogP contribution is -2.16. The third-order valence-electron chi connectivity index (χ3n) is 4.93. The molecule has 3 aromatic heterocycles. The van der Waals surface area contributed by atoms with Crippen molar-refractivity contribution in [2.24, 2.45) is 0 Å². The van der Waals surface area contributed by atoms with Crippen molar-refractivity contribution in [3.63, 3.8) is 0 Å². The first kappa shape index (κ1) is 22.6. The van der Waals surface area contributed by atoms with Gasteiger partial charge in [0, 0.05) is 23.5 Å². The molecular weight excluding hydrogens is 461 g/mol. The molecule has 0 bridgehead atoms. The summed E-state index contributed by atoms with van der Waals surface area (Å²) in [6.07, 6.45) is -1.35. The van der Waals surface area contributed by atoms with E-state index in [9.17, 15) is 18.0 Å². The maximum Gasteiger partial charge on any atom is 0.416 e. The number of nitrogens with one attached hydrogen (secondary N) is 1. The minimum Gasteiger partial charge on any atom is -0.361 e. The molecule has 4 rings (SSSR count). The lowest BCUT2D eigenvalue weighted by atomic mass is 10.1. The molecule has 172 valence electrons. The Labute approximate surface area is 190 Å². The molecule has 0 aliphatic heterocycles. The number of halogens is 4. The topological polar surface area (TPSA) is 90.8 Å². The Hall–Kier alpha value is -3.60. The van der Waals surface area contributed by atoms with E-state index in [1.165, 1.54) is 16.9 Å². The van der Waals surface area contributed by atoms with Gasteiger partial charge in [0.05, 0.1) is 29.9 Å². The van der Waals surface area contributed by atoms with E-state index >= 15 is 0 Å². The Bertz CT molecular complexity index is 1310. The fraction of sp³-hybridized carbons (Fsp3) is 0.238. The Balaban J connectivity index is 1.50. The second kappa shape index (κ2) is 8.74. The van der Waals surface area contributed by atoms with Gasteiger partial charge in [0.2, 0.25) is 0 Å². The summed E-state index contributed by atoms with van der Waals surface area (Å²) in [5.74, 6) is 0.153. The first-order valence-electron chi connectivity index (χ1n) is 9.75. The van der Waals surface area contributed by atoms with E-state index in [4.69, 9.17) is 16.1 Å². The lowest BCUT2D eigenvalue weighted by molar-refractivity contribution is -0.137. The number of nitrogens with zero attached hydrogens (tertiary/aromatic N) is 5. The highest BCUT2D eigenvalue weighted by Gasteiger charge is 2.30. The summed E-state index contributed by atoms with van der Waals surface area (Å²) in [4.78, 5) is 12.8. The van der Waals surface area contributed by atoms with Gasteiger partial charge in [0.1, 0.15) is 5.76 Å². The second-order valence-electron chi connectivity index (χ2n) is 7.40. The minimum atomic E-state index is -4.43. The molecule has 0 radical (unpaired) electrons. The van der Waals surface area contributed by atoms with Gasteiger partial charge in [-0.3, -0.25) is 14.2 Å². The molecule has 4 aromatic rings. The third kappa shape index (κ3) is 5.08. The van der Waals surface area contributed by atoms with Crippen molar-refractivity contribution >= 4 is 23.3 Å².